The van der Waals surface area contributed by atoms with Crippen LogP contribution in [0, 0.1) is 21.8 Å². The van der Waals surface area contributed by atoms with Crippen molar-refractivity contribution in [3.8, 4) is 11.6 Å². The van der Waals surface area contributed by atoms with Gasteiger partial charge in [0.05, 0.1) is 16.2 Å². The van der Waals surface area contributed by atoms with Gasteiger partial charge in [-0.3, -0.25) is 24.5 Å². The number of nitrogens with one attached hydrogen (secondary N) is 1. The molecule has 0 fully saturated rings. The van der Waals surface area contributed by atoms with E-state index in [4.69, 9.17) is 12.2 Å². The number of hydrogen-bond donors (Lipinski definition) is 2. The van der Waals surface area contributed by atoms with Crippen LogP contribution in [0.5, 0.6) is 5.88 Å². The number of nitro groups is 1. The SMILES string of the molecule is Cc1cccc(-n2c(O)c(C=C=Cc3ccccc3[N+](=O)[O-])c(=O)[nH]c2=S)c1. The van der Waals surface area contributed by atoms with Gasteiger partial charge in [-0.05, 0) is 55.1 Å². The van der Waals surface area contributed by atoms with E-state index in [-0.39, 0.29) is 21.9 Å². The van der Waals surface area contributed by atoms with Gasteiger partial charge in [-0.25, -0.2) is 0 Å². The molecule has 0 aliphatic rings. The Morgan fingerprint density at radius 3 is 2.68 bits per heavy atom. The lowest BCUT2D eigenvalue weighted by Gasteiger charge is -2.11. The lowest BCUT2D eigenvalue weighted by Crippen LogP contribution is -2.15. The summed E-state index contributed by atoms with van der Waals surface area (Å²) in [6, 6.07) is 13.4. The Kier molecular flexibility index (Phi) is 5.35. The fourth-order valence-electron chi connectivity index (χ4n) is 2.67. The number of nitrogens with zero attached hydrogens (tertiary/aromatic N) is 2. The molecule has 140 valence electrons. The summed E-state index contributed by atoms with van der Waals surface area (Å²) < 4.78 is 1.38. The van der Waals surface area contributed by atoms with Gasteiger partial charge in [0, 0.05) is 6.07 Å². The van der Waals surface area contributed by atoms with Crippen LogP contribution in [0.1, 0.15) is 16.7 Å². The minimum atomic E-state index is -0.588. The lowest BCUT2D eigenvalue weighted by molar-refractivity contribution is -0.385. The van der Waals surface area contributed by atoms with Gasteiger partial charge in [0.1, 0.15) is 5.56 Å². The number of rotatable bonds is 4. The largest absolute Gasteiger partial charge is 0.494 e. The topological polar surface area (TPSA) is 101 Å². The lowest BCUT2D eigenvalue weighted by atomic mass is 10.1. The summed E-state index contributed by atoms with van der Waals surface area (Å²) in [5.41, 5.74) is 3.86. The number of hydrogen-bond acceptors (Lipinski definition) is 5. The number of aromatic hydroxyl groups is 1. The van der Waals surface area contributed by atoms with Gasteiger partial charge in [0.15, 0.2) is 4.77 Å². The molecular weight excluding hydrogens is 378 g/mol. The van der Waals surface area contributed by atoms with Gasteiger partial charge in [-0.2, -0.15) is 0 Å². The van der Waals surface area contributed by atoms with Crippen LogP contribution >= 0.6 is 12.2 Å². The molecule has 1 aromatic heterocycles. The van der Waals surface area contributed by atoms with Crippen LogP contribution < -0.4 is 5.56 Å². The summed E-state index contributed by atoms with van der Waals surface area (Å²) in [6.07, 6.45) is 2.63. The summed E-state index contributed by atoms with van der Waals surface area (Å²) in [6.45, 7) is 1.89. The van der Waals surface area contributed by atoms with E-state index in [0.717, 1.165) is 5.56 Å². The minimum absolute atomic E-state index is 0.0490. The van der Waals surface area contributed by atoms with Crippen molar-refractivity contribution in [2.45, 2.75) is 6.92 Å². The third kappa shape index (κ3) is 3.83. The molecule has 0 bridgehead atoms. The molecule has 28 heavy (non-hydrogen) atoms. The van der Waals surface area contributed by atoms with Crippen LogP contribution in [0.2, 0.25) is 0 Å². The minimum Gasteiger partial charge on any atom is -0.494 e. The number of nitro benzene ring substituents is 1. The second kappa shape index (κ2) is 7.87. The summed E-state index contributed by atoms with van der Waals surface area (Å²) in [5, 5.41) is 21.7. The second-order valence-corrected chi connectivity index (χ2v) is 6.33. The van der Waals surface area contributed by atoms with Gasteiger partial charge in [-0.15, -0.1) is 5.73 Å². The molecule has 0 saturated heterocycles. The maximum Gasteiger partial charge on any atom is 0.277 e. The van der Waals surface area contributed by atoms with Gasteiger partial charge in [-0.1, -0.05) is 24.3 Å². The molecule has 0 atom stereocenters. The van der Waals surface area contributed by atoms with Crippen LogP contribution in [-0.2, 0) is 0 Å². The Hall–Kier alpha value is -3.74. The third-order valence-electron chi connectivity index (χ3n) is 3.98. The molecule has 2 aromatic carbocycles. The van der Waals surface area contributed by atoms with E-state index in [2.05, 4.69) is 10.7 Å². The first-order valence-corrected chi connectivity index (χ1v) is 8.60. The van der Waals surface area contributed by atoms with Crippen molar-refractivity contribution in [2.75, 3.05) is 0 Å². The van der Waals surface area contributed by atoms with Crippen molar-refractivity contribution in [1.82, 2.24) is 9.55 Å². The van der Waals surface area contributed by atoms with Gasteiger partial charge in [0.2, 0.25) is 5.88 Å². The molecule has 7 nitrogen and oxygen atoms in total. The standard InChI is InChI=1S/C20H15N3O4S/c1-13-6-4-9-15(12-13)22-19(25)16(18(24)21-20(22)28)10-5-8-14-7-2-3-11-17(14)23(26)27/h2-4,6-12,25H,1H3,(H,21,24,28). The molecule has 0 spiro atoms. The summed E-state index contributed by atoms with van der Waals surface area (Å²) >= 11 is 5.18. The summed E-state index contributed by atoms with van der Waals surface area (Å²) in [7, 11) is 0. The molecule has 0 aliphatic heterocycles. The predicted molar refractivity (Wildman–Crippen MR) is 109 cm³/mol. The number of para-hydroxylation sites is 1. The maximum atomic E-state index is 12.2. The van der Waals surface area contributed by atoms with Crippen molar-refractivity contribution in [3.63, 3.8) is 0 Å². The van der Waals surface area contributed by atoms with E-state index >= 15 is 0 Å². The Balaban J connectivity index is 2.13. The normalized spacial score (nSPS) is 10.2. The third-order valence-corrected chi connectivity index (χ3v) is 4.27. The Morgan fingerprint density at radius 1 is 1.21 bits per heavy atom. The van der Waals surface area contributed by atoms with E-state index in [1.54, 1.807) is 30.3 Å². The highest BCUT2D eigenvalue weighted by Gasteiger charge is 2.12. The fraction of sp³-hybridized carbons (Fsp3) is 0.0500. The van der Waals surface area contributed by atoms with Crippen LogP contribution in [0.4, 0.5) is 5.69 Å². The highest BCUT2D eigenvalue weighted by molar-refractivity contribution is 7.71. The smallest absolute Gasteiger partial charge is 0.277 e. The molecular formula is C20H15N3O4S. The second-order valence-electron chi connectivity index (χ2n) is 5.94. The first-order valence-electron chi connectivity index (χ1n) is 8.19. The number of aromatic amines is 1. The highest BCUT2D eigenvalue weighted by Crippen LogP contribution is 2.22. The molecule has 0 aliphatic carbocycles. The Bertz CT molecular complexity index is 1250. The van der Waals surface area contributed by atoms with E-state index in [0.29, 0.717) is 11.3 Å². The molecule has 2 N–H and O–H groups in total. The molecule has 0 radical (unpaired) electrons. The average molecular weight is 393 g/mol. The van der Waals surface area contributed by atoms with Crippen molar-refractivity contribution >= 4 is 30.1 Å². The zero-order chi connectivity index (χ0) is 20.3. The first kappa shape index (κ1) is 19.0. The van der Waals surface area contributed by atoms with Crippen LogP contribution in [0.3, 0.4) is 0 Å². The molecule has 3 rings (SSSR count). The van der Waals surface area contributed by atoms with E-state index in [1.165, 1.54) is 22.8 Å². The molecule has 0 saturated carbocycles. The molecule has 3 aromatic rings. The van der Waals surface area contributed by atoms with Crippen molar-refractivity contribution in [3.05, 3.63) is 96.2 Å². The van der Waals surface area contributed by atoms with Crippen LogP contribution in [0.25, 0.3) is 17.8 Å². The average Bonchev–Trinajstić information content (AvgIpc) is 2.64. The van der Waals surface area contributed by atoms with E-state index < -0.39 is 10.5 Å². The number of aromatic nitrogens is 2. The molecule has 0 amide bonds. The van der Waals surface area contributed by atoms with Crippen LogP contribution in [0.15, 0.2) is 59.1 Å². The maximum absolute atomic E-state index is 12.2. The summed E-state index contributed by atoms with van der Waals surface area (Å²) in [5.74, 6) is -0.345. The monoisotopic (exact) mass is 393 g/mol. The van der Waals surface area contributed by atoms with Gasteiger partial charge >= 0.3 is 0 Å². The molecule has 8 heteroatoms. The predicted octanol–water partition coefficient (Wildman–Crippen LogP) is 4.14. The Labute approximate surface area is 164 Å². The summed E-state index contributed by atoms with van der Waals surface area (Å²) in [4.78, 5) is 25.3. The van der Waals surface area contributed by atoms with Gasteiger partial charge in [0.25, 0.3) is 11.2 Å². The van der Waals surface area contributed by atoms with Crippen molar-refractivity contribution in [1.29, 1.82) is 0 Å². The fourth-order valence-corrected chi connectivity index (χ4v) is 2.95. The quantitative estimate of drug-likeness (QED) is 0.300. The number of H-pyrrole nitrogens is 1. The Morgan fingerprint density at radius 2 is 1.96 bits per heavy atom. The zero-order valence-corrected chi connectivity index (χ0v) is 15.6. The number of aryl methyl sites for hydroxylation is 1. The first-order chi connectivity index (χ1) is 13.4. The van der Waals surface area contributed by atoms with Gasteiger partial charge < -0.3 is 5.11 Å². The van der Waals surface area contributed by atoms with Crippen LogP contribution in [-0.4, -0.2) is 19.6 Å². The van der Waals surface area contributed by atoms with E-state index in [1.807, 2.05) is 19.1 Å². The zero-order valence-electron chi connectivity index (χ0n) is 14.7. The van der Waals surface area contributed by atoms with Crippen molar-refractivity contribution in [2.24, 2.45) is 0 Å². The number of benzene rings is 2. The van der Waals surface area contributed by atoms with Crippen molar-refractivity contribution < 1.29 is 10.0 Å². The highest BCUT2D eigenvalue weighted by atomic mass is 32.1. The molecule has 1 heterocycles. The van der Waals surface area contributed by atoms with E-state index in [9.17, 15) is 20.0 Å². The molecule has 0 unspecified atom stereocenters.